The number of allylic oxidation sites excluding steroid dienone is 1. The number of aryl methyl sites for hydroxylation is 1. The second-order valence-corrected chi connectivity index (χ2v) is 19.1. The van der Waals surface area contributed by atoms with E-state index in [0.717, 1.165) is 60.6 Å². The SMILES string of the molecule is Cc1ccc2nn3c(O[C@@H]4C[C@H]5C(=O)N[C@]6(C(=O)NS(=O)(=O)C7CC7)C[C@H]6C=CCCCCC[C@H](NC(=O)OC6CCCC6)C(=O)N5C4)cc(-c4ccccc4)nc3c2c1. The van der Waals surface area contributed by atoms with Gasteiger partial charge < -0.3 is 25.0 Å². The lowest BCUT2D eigenvalue weighted by molar-refractivity contribution is -0.141. The molecule has 60 heavy (non-hydrogen) atoms. The highest BCUT2D eigenvalue weighted by molar-refractivity contribution is 7.91. The number of hydrogen-bond acceptors (Lipinski definition) is 10. The first-order chi connectivity index (χ1) is 29.0. The van der Waals surface area contributed by atoms with Crippen LogP contribution in [-0.4, -0.2) is 93.4 Å². The summed E-state index contributed by atoms with van der Waals surface area (Å²) in [6.45, 7) is 1.98. The first kappa shape index (κ1) is 39.9. The predicted octanol–water partition coefficient (Wildman–Crippen LogP) is 5.25. The van der Waals surface area contributed by atoms with E-state index in [9.17, 15) is 27.6 Å². The molecular weight excluding hydrogens is 787 g/mol. The summed E-state index contributed by atoms with van der Waals surface area (Å²) in [5, 5.41) is 10.8. The van der Waals surface area contributed by atoms with Crippen molar-refractivity contribution in [1.82, 2.24) is 34.9 Å². The minimum atomic E-state index is -3.91. The van der Waals surface area contributed by atoms with E-state index in [-0.39, 0.29) is 25.5 Å². The molecule has 3 saturated carbocycles. The number of hydrogen-bond donors (Lipinski definition) is 3. The molecule has 4 amide bonds. The van der Waals surface area contributed by atoms with Crippen LogP contribution in [0, 0.1) is 12.8 Å². The minimum absolute atomic E-state index is 0.0181. The third-order valence-corrected chi connectivity index (χ3v) is 14.4. The van der Waals surface area contributed by atoms with E-state index in [0.29, 0.717) is 49.3 Å². The summed E-state index contributed by atoms with van der Waals surface area (Å²) in [6, 6.07) is 15.3. The van der Waals surface area contributed by atoms with Crippen LogP contribution in [-0.2, 0) is 29.1 Å². The van der Waals surface area contributed by atoms with Gasteiger partial charge >= 0.3 is 6.09 Å². The van der Waals surface area contributed by atoms with E-state index in [4.69, 9.17) is 19.6 Å². The first-order valence-corrected chi connectivity index (χ1v) is 22.9. The molecule has 5 atom stereocenters. The largest absolute Gasteiger partial charge is 0.472 e. The first-order valence-electron chi connectivity index (χ1n) is 21.3. The second kappa shape index (κ2) is 16.2. The number of alkyl carbamates (subject to hydrolysis) is 1. The molecule has 1 saturated heterocycles. The number of carbonyl (C=O) groups excluding carboxylic acids is 4. The van der Waals surface area contributed by atoms with Gasteiger partial charge in [0.05, 0.1) is 23.0 Å². The Morgan fingerprint density at radius 1 is 0.933 bits per heavy atom. The zero-order valence-electron chi connectivity index (χ0n) is 33.7. The molecule has 0 unspecified atom stereocenters. The number of benzene rings is 2. The zero-order chi connectivity index (χ0) is 41.6. The molecule has 9 rings (SSSR count). The Morgan fingerprint density at radius 2 is 1.72 bits per heavy atom. The monoisotopic (exact) mass is 837 g/mol. The van der Waals surface area contributed by atoms with Gasteiger partial charge in [0, 0.05) is 29.4 Å². The van der Waals surface area contributed by atoms with Gasteiger partial charge in [0.15, 0.2) is 5.65 Å². The average Bonchev–Trinajstić information content (AvgIpc) is 4.05. The normalized spacial score (nSPS) is 26.4. The molecule has 4 aromatic rings. The molecule has 0 radical (unpaired) electrons. The number of rotatable bonds is 8. The van der Waals surface area contributed by atoms with Gasteiger partial charge in [-0.3, -0.25) is 19.1 Å². The molecule has 4 fully saturated rings. The number of fused-ring (bicyclic) bond motifs is 5. The highest BCUT2D eigenvalue weighted by Gasteiger charge is 2.62. The van der Waals surface area contributed by atoms with Crippen molar-refractivity contribution in [2.75, 3.05) is 6.54 Å². The van der Waals surface area contributed by atoms with Crippen molar-refractivity contribution in [2.45, 2.75) is 125 Å². The molecule has 15 nitrogen and oxygen atoms in total. The zero-order valence-corrected chi connectivity index (χ0v) is 34.5. The van der Waals surface area contributed by atoms with Crippen molar-refractivity contribution < 1.29 is 37.1 Å². The van der Waals surface area contributed by atoms with Crippen LogP contribution in [0.2, 0.25) is 0 Å². The van der Waals surface area contributed by atoms with E-state index in [1.54, 1.807) is 10.6 Å². The standard InChI is InChI=1S/C44H51N7O8S/c1-27-18-21-34-33(22-27)39-45-36(28-12-6-5-7-13-28)24-38(51(39)48-34)58-31-23-37-40(52)47-44(42(54)49-60(56,57)32-19-20-32)25-29(44)14-8-3-2-4-9-17-35(41(53)50(37)26-31)46-43(55)59-30-15-10-11-16-30/h5-8,12-14,18,21-22,24,29-32,35,37H,2-4,9-11,15-17,19-20,23,25-26H2,1H3,(H,46,55)(H,47,52)(H,49,54)/t29-,31-,35+,37+,44-/m1/s1. The van der Waals surface area contributed by atoms with Gasteiger partial charge in [-0.2, -0.15) is 9.61 Å². The molecule has 16 heteroatoms. The van der Waals surface area contributed by atoms with E-state index >= 15 is 0 Å². The number of nitrogens with one attached hydrogen (secondary N) is 3. The van der Waals surface area contributed by atoms with Crippen LogP contribution in [0.25, 0.3) is 27.8 Å². The lowest BCUT2D eigenvalue weighted by atomic mass is 10.0. The Morgan fingerprint density at radius 3 is 2.50 bits per heavy atom. The van der Waals surface area contributed by atoms with Crippen molar-refractivity contribution in [3.63, 3.8) is 0 Å². The fourth-order valence-electron chi connectivity index (χ4n) is 8.96. The molecular formula is C44H51N7O8S. The van der Waals surface area contributed by atoms with Crippen LogP contribution in [0.4, 0.5) is 4.79 Å². The predicted molar refractivity (Wildman–Crippen MR) is 222 cm³/mol. The van der Waals surface area contributed by atoms with Crippen LogP contribution >= 0.6 is 0 Å². The third-order valence-electron chi connectivity index (χ3n) is 12.6. The summed E-state index contributed by atoms with van der Waals surface area (Å²) in [7, 11) is -3.91. The molecule has 316 valence electrons. The average molecular weight is 838 g/mol. The maximum absolute atomic E-state index is 14.8. The van der Waals surface area contributed by atoms with E-state index in [1.807, 2.05) is 67.6 Å². The molecule has 0 spiro atoms. The second-order valence-electron chi connectivity index (χ2n) is 17.1. The fraction of sp³-hybridized carbons (Fsp3) is 0.500. The lowest BCUT2D eigenvalue weighted by Crippen LogP contribution is -2.58. The van der Waals surface area contributed by atoms with Crippen LogP contribution in [0.1, 0.15) is 89.0 Å². The maximum Gasteiger partial charge on any atom is 0.408 e. The molecule has 2 aliphatic heterocycles. The van der Waals surface area contributed by atoms with Gasteiger partial charge in [-0.1, -0.05) is 67.0 Å². The van der Waals surface area contributed by atoms with Crippen LogP contribution in [0.3, 0.4) is 0 Å². The number of nitrogens with zero attached hydrogens (tertiary/aromatic N) is 4. The van der Waals surface area contributed by atoms with Gasteiger partial charge in [0.1, 0.15) is 29.8 Å². The van der Waals surface area contributed by atoms with Crippen molar-refractivity contribution in [3.05, 3.63) is 72.3 Å². The minimum Gasteiger partial charge on any atom is -0.472 e. The summed E-state index contributed by atoms with van der Waals surface area (Å²) in [5.74, 6) is -1.94. The summed E-state index contributed by atoms with van der Waals surface area (Å²) in [4.78, 5) is 63.0. The topological polar surface area (TPSA) is 190 Å². The third kappa shape index (κ3) is 8.17. The summed E-state index contributed by atoms with van der Waals surface area (Å²) < 4.78 is 42.3. The molecule has 3 N–H and O–H groups in total. The van der Waals surface area contributed by atoms with Crippen LogP contribution < -0.4 is 20.1 Å². The number of sulfonamides is 1. The Balaban J connectivity index is 1.06. The molecule has 5 aliphatic rings. The fourth-order valence-corrected chi connectivity index (χ4v) is 10.3. The summed E-state index contributed by atoms with van der Waals surface area (Å²) >= 11 is 0. The molecule has 2 aromatic carbocycles. The summed E-state index contributed by atoms with van der Waals surface area (Å²) in [6.07, 6.45) is 10.1. The molecule has 3 aliphatic carbocycles. The molecule has 0 bridgehead atoms. The van der Waals surface area contributed by atoms with Crippen molar-refractivity contribution in [1.29, 1.82) is 0 Å². The smallest absolute Gasteiger partial charge is 0.408 e. The molecule has 4 heterocycles. The summed E-state index contributed by atoms with van der Waals surface area (Å²) in [5.41, 5.74) is 2.33. The number of aromatic nitrogens is 3. The van der Waals surface area contributed by atoms with Crippen LogP contribution in [0.5, 0.6) is 5.88 Å². The van der Waals surface area contributed by atoms with Gasteiger partial charge in [0.25, 0.3) is 5.91 Å². The van der Waals surface area contributed by atoms with Crippen molar-refractivity contribution >= 4 is 50.4 Å². The van der Waals surface area contributed by atoms with E-state index in [1.165, 1.54) is 4.90 Å². The number of ether oxygens (including phenoxy) is 2. The lowest BCUT2D eigenvalue weighted by Gasteiger charge is -2.30. The van der Waals surface area contributed by atoms with E-state index in [2.05, 4.69) is 15.4 Å². The Kier molecular flexibility index (Phi) is 10.8. The van der Waals surface area contributed by atoms with E-state index < -0.39 is 68.7 Å². The van der Waals surface area contributed by atoms with Gasteiger partial charge in [-0.15, -0.1) is 0 Å². The van der Waals surface area contributed by atoms with Crippen molar-refractivity contribution in [3.8, 4) is 17.1 Å². The van der Waals surface area contributed by atoms with Gasteiger partial charge in [0.2, 0.25) is 27.7 Å². The van der Waals surface area contributed by atoms with Gasteiger partial charge in [-0.25, -0.2) is 18.2 Å². The number of carbonyl (C=O) groups is 4. The number of amides is 4. The Hall–Kier alpha value is -5.51. The maximum atomic E-state index is 14.8. The Bertz CT molecular complexity index is 2460. The Labute approximate surface area is 348 Å². The molecule has 2 aromatic heterocycles. The van der Waals surface area contributed by atoms with Crippen LogP contribution in [0.15, 0.2) is 66.7 Å². The van der Waals surface area contributed by atoms with Crippen molar-refractivity contribution in [2.24, 2.45) is 5.92 Å². The quantitative estimate of drug-likeness (QED) is 0.198. The van der Waals surface area contributed by atoms with Gasteiger partial charge in [-0.05, 0) is 83.3 Å². The highest BCUT2D eigenvalue weighted by Crippen LogP contribution is 2.46. The highest BCUT2D eigenvalue weighted by atomic mass is 32.2.